The Labute approximate surface area is 272 Å². The molecule has 0 aliphatic carbocycles. The number of hydrogen-bond acceptors (Lipinski definition) is 7. The molecular weight excluding hydrogens is 608 g/mol. The quantitative estimate of drug-likeness (QED) is 0.165. The van der Waals surface area contributed by atoms with Gasteiger partial charge in [-0.25, -0.2) is 9.79 Å². The summed E-state index contributed by atoms with van der Waals surface area (Å²) < 4.78 is 19.3. The molecule has 45 heavy (non-hydrogen) atoms. The molecule has 0 unspecified atom stereocenters. The van der Waals surface area contributed by atoms with Crippen molar-refractivity contribution >= 4 is 35.0 Å². The normalized spacial score (nSPS) is 14.7. The van der Waals surface area contributed by atoms with E-state index < -0.39 is 12.0 Å². The van der Waals surface area contributed by atoms with Gasteiger partial charge >= 0.3 is 5.97 Å². The third kappa shape index (κ3) is 6.92. The van der Waals surface area contributed by atoms with Crippen molar-refractivity contribution in [2.24, 2.45) is 4.99 Å². The molecule has 0 amide bonds. The van der Waals surface area contributed by atoms with Gasteiger partial charge in [-0.1, -0.05) is 98.7 Å². The average molecular weight is 645 g/mol. The molecule has 0 bridgehead atoms. The van der Waals surface area contributed by atoms with Crippen LogP contribution in [-0.4, -0.2) is 24.3 Å². The molecule has 1 aliphatic rings. The van der Waals surface area contributed by atoms with E-state index in [2.05, 4.69) is 26.0 Å². The average Bonchev–Trinajstić information content (AvgIpc) is 3.34. The third-order valence-electron chi connectivity index (χ3n) is 7.64. The number of nitrogens with zero attached hydrogens (tertiary/aromatic N) is 2. The van der Waals surface area contributed by atoms with Crippen molar-refractivity contribution in [3.8, 4) is 11.5 Å². The maximum atomic E-state index is 14.1. The molecule has 0 N–H and O–H groups in total. The van der Waals surface area contributed by atoms with Gasteiger partial charge in [-0.15, -0.1) is 0 Å². The highest BCUT2D eigenvalue weighted by molar-refractivity contribution is 7.07. The fourth-order valence-electron chi connectivity index (χ4n) is 5.32. The van der Waals surface area contributed by atoms with Crippen LogP contribution < -0.4 is 24.4 Å². The molecule has 4 aromatic rings. The fraction of sp³-hybridized carbons (Fsp3) is 0.306. The van der Waals surface area contributed by atoms with Gasteiger partial charge in [0.25, 0.3) is 5.56 Å². The lowest BCUT2D eigenvalue weighted by Gasteiger charge is -2.26. The van der Waals surface area contributed by atoms with E-state index in [-0.39, 0.29) is 18.8 Å². The molecule has 2 heterocycles. The van der Waals surface area contributed by atoms with Crippen LogP contribution in [0.15, 0.2) is 87.8 Å². The summed E-state index contributed by atoms with van der Waals surface area (Å²) >= 11 is 7.59. The Morgan fingerprint density at radius 3 is 2.49 bits per heavy atom. The molecule has 0 spiro atoms. The molecule has 0 radical (unpaired) electrons. The first-order chi connectivity index (χ1) is 21.7. The largest absolute Gasteiger partial charge is 0.493 e. The number of rotatable bonds is 11. The summed E-state index contributed by atoms with van der Waals surface area (Å²) in [5, 5.41) is 0.630. The minimum Gasteiger partial charge on any atom is -0.493 e. The van der Waals surface area contributed by atoms with E-state index in [9.17, 15) is 9.59 Å². The first kappa shape index (κ1) is 32.3. The highest BCUT2D eigenvalue weighted by Crippen LogP contribution is 2.34. The van der Waals surface area contributed by atoms with E-state index in [1.54, 1.807) is 18.6 Å². The van der Waals surface area contributed by atoms with E-state index in [0.717, 1.165) is 23.1 Å². The second-order valence-corrected chi connectivity index (χ2v) is 12.4. The Morgan fingerprint density at radius 1 is 1.07 bits per heavy atom. The topological polar surface area (TPSA) is 79.1 Å². The predicted molar refractivity (Wildman–Crippen MR) is 179 cm³/mol. The Kier molecular flexibility index (Phi) is 10.3. The lowest BCUT2D eigenvalue weighted by molar-refractivity contribution is -0.139. The molecule has 0 saturated heterocycles. The Bertz CT molecular complexity index is 1910. The zero-order chi connectivity index (χ0) is 32.1. The predicted octanol–water partition coefficient (Wildman–Crippen LogP) is 6.94. The van der Waals surface area contributed by atoms with Gasteiger partial charge in [0, 0.05) is 10.6 Å². The molecule has 1 atom stereocenters. The fourth-order valence-corrected chi connectivity index (χ4v) is 6.53. The Hall–Kier alpha value is -4.14. The van der Waals surface area contributed by atoms with Crippen LogP contribution in [0.4, 0.5) is 0 Å². The number of hydrogen-bond donors (Lipinski definition) is 0. The molecule has 3 aromatic carbocycles. The van der Waals surface area contributed by atoms with Crippen LogP contribution in [0.2, 0.25) is 5.02 Å². The van der Waals surface area contributed by atoms with Crippen LogP contribution in [0.25, 0.3) is 6.08 Å². The van der Waals surface area contributed by atoms with Gasteiger partial charge in [0.05, 0.1) is 35.6 Å². The van der Waals surface area contributed by atoms with Crippen LogP contribution in [-0.2, 0) is 16.1 Å². The van der Waals surface area contributed by atoms with Crippen molar-refractivity contribution in [1.82, 2.24) is 4.57 Å². The highest BCUT2D eigenvalue weighted by atomic mass is 35.5. The van der Waals surface area contributed by atoms with Gasteiger partial charge in [0.15, 0.2) is 16.3 Å². The summed E-state index contributed by atoms with van der Waals surface area (Å²) in [5.74, 6) is 0.987. The van der Waals surface area contributed by atoms with Gasteiger partial charge in [-0.05, 0) is 60.2 Å². The number of methoxy groups -OCH3 is 1. The van der Waals surface area contributed by atoms with Gasteiger partial charge in [-0.3, -0.25) is 9.36 Å². The van der Waals surface area contributed by atoms with Crippen molar-refractivity contribution in [2.45, 2.75) is 59.1 Å². The molecule has 9 heteroatoms. The second-order valence-electron chi connectivity index (χ2n) is 11.0. The summed E-state index contributed by atoms with van der Waals surface area (Å²) in [7, 11) is 1.58. The lowest BCUT2D eigenvalue weighted by atomic mass is 9.92. The van der Waals surface area contributed by atoms with Gasteiger partial charge < -0.3 is 14.2 Å². The standard InChI is InChI=1S/C36H37ClN2O5S/c1-6-10-28-32(35(41)43-7-2)33(25-16-14-24(15-17-25)22(3)4)39-34(40)31(45-36(39)38-28)20-23-13-18-29(30(19-23)42-5)44-21-26-11-8-9-12-27(26)37/h8-9,11-20,22,33H,6-7,10,21H2,1-5H3/b31-20-/t33-/m0/s1. The van der Waals surface area contributed by atoms with Crippen molar-refractivity contribution in [1.29, 1.82) is 0 Å². The summed E-state index contributed by atoms with van der Waals surface area (Å²) in [5.41, 5.74) is 4.48. The van der Waals surface area contributed by atoms with Crippen molar-refractivity contribution in [3.63, 3.8) is 0 Å². The number of carbonyl (C=O) groups excluding carboxylic acids is 1. The molecule has 7 nitrogen and oxygen atoms in total. The minimum absolute atomic E-state index is 0.227. The smallest absolute Gasteiger partial charge is 0.338 e. The molecule has 5 rings (SSSR count). The zero-order valence-corrected chi connectivity index (χ0v) is 27.7. The summed E-state index contributed by atoms with van der Waals surface area (Å²) in [6, 6.07) is 20.5. The Morgan fingerprint density at radius 2 is 1.82 bits per heavy atom. The van der Waals surface area contributed by atoms with Gasteiger partial charge in [0.1, 0.15) is 6.61 Å². The number of halogens is 1. The van der Waals surface area contributed by atoms with E-state index in [0.29, 0.717) is 49.5 Å². The van der Waals surface area contributed by atoms with Crippen molar-refractivity contribution in [3.05, 3.63) is 125 Å². The molecular formula is C36H37ClN2O5S. The second kappa shape index (κ2) is 14.3. The monoisotopic (exact) mass is 644 g/mol. The lowest BCUT2D eigenvalue weighted by Crippen LogP contribution is -2.40. The van der Waals surface area contributed by atoms with E-state index in [1.807, 2.05) is 67.6 Å². The number of thiazole rings is 1. The van der Waals surface area contributed by atoms with Crippen LogP contribution in [0, 0.1) is 0 Å². The minimum atomic E-state index is -0.652. The van der Waals surface area contributed by atoms with Gasteiger partial charge in [-0.2, -0.15) is 0 Å². The number of allylic oxidation sites excluding steroid dienone is 1. The molecule has 1 aromatic heterocycles. The molecule has 234 valence electrons. The highest BCUT2D eigenvalue weighted by Gasteiger charge is 2.34. The molecule has 1 aliphatic heterocycles. The summed E-state index contributed by atoms with van der Waals surface area (Å²) in [4.78, 5) is 33.0. The SMILES string of the molecule is CCCC1=C(C(=O)OCC)[C@H](c2ccc(C(C)C)cc2)n2c(s/c(=C\c3ccc(OCc4ccccc4Cl)c(OC)c3)c2=O)=N1. The number of ether oxygens (including phenoxy) is 3. The van der Waals surface area contributed by atoms with Crippen LogP contribution in [0.1, 0.15) is 74.8 Å². The van der Waals surface area contributed by atoms with Crippen molar-refractivity contribution in [2.75, 3.05) is 13.7 Å². The number of benzene rings is 3. The van der Waals surface area contributed by atoms with Crippen molar-refractivity contribution < 1.29 is 19.0 Å². The van der Waals surface area contributed by atoms with E-state index in [4.69, 9.17) is 30.8 Å². The van der Waals surface area contributed by atoms with Gasteiger partial charge in [0.2, 0.25) is 0 Å². The molecule has 0 saturated carbocycles. The van der Waals surface area contributed by atoms with E-state index >= 15 is 0 Å². The first-order valence-corrected chi connectivity index (χ1v) is 16.3. The van der Waals surface area contributed by atoms with E-state index in [1.165, 1.54) is 16.9 Å². The van der Waals surface area contributed by atoms with Crippen LogP contribution in [0.3, 0.4) is 0 Å². The zero-order valence-electron chi connectivity index (χ0n) is 26.1. The number of aromatic nitrogens is 1. The maximum absolute atomic E-state index is 14.1. The molecule has 0 fully saturated rings. The Balaban J connectivity index is 1.59. The summed E-state index contributed by atoms with van der Waals surface area (Å²) in [6.45, 7) is 8.60. The summed E-state index contributed by atoms with van der Waals surface area (Å²) in [6.07, 6.45) is 3.20. The third-order valence-corrected chi connectivity index (χ3v) is 8.99. The van der Waals surface area contributed by atoms with Crippen LogP contribution in [0.5, 0.6) is 11.5 Å². The van der Waals surface area contributed by atoms with Crippen LogP contribution >= 0.6 is 22.9 Å². The first-order valence-electron chi connectivity index (χ1n) is 15.1. The number of carbonyl (C=O) groups is 1. The number of fused-ring (bicyclic) bond motifs is 1. The maximum Gasteiger partial charge on any atom is 0.338 e. The number of esters is 1.